The van der Waals surface area contributed by atoms with Crippen LogP contribution in [0, 0.1) is 25.6 Å². The fourth-order valence-corrected chi connectivity index (χ4v) is 4.33. The van der Waals surface area contributed by atoms with Gasteiger partial charge >= 0.3 is 5.69 Å². The Morgan fingerprint density at radius 2 is 1.70 bits per heavy atom. The summed E-state index contributed by atoms with van der Waals surface area (Å²) < 4.78 is 16.5. The van der Waals surface area contributed by atoms with Gasteiger partial charge in [0.15, 0.2) is 0 Å². The van der Waals surface area contributed by atoms with E-state index >= 15 is 0 Å². The van der Waals surface area contributed by atoms with Gasteiger partial charge in [-0.1, -0.05) is 24.3 Å². The number of halogens is 1. The van der Waals surface area contributed by atoms with E-state index in [0.29, 0.717) is 54.3 Å². The zero-order valence-electron chi connectivity index (χ0n) is 19.0. The maximum Gasteiger partial charge on any atom is 0.335 e. The summed E-state index contributed by atoms with van der Waals surface area (Å²) in [5.41, 5.74) is 1.96. The normalized spacial score (nSPS) is 14.4. The summed E-state index contributed by atoms with van der Waals surface area (Å²) in [5.74, 6) is -0.755. The van der Waals surface area contributed by atoms with Gasteiger partial charge in [-0.3, -0.25) is 18.7 Å². The number of para-hydroxylation sites is 1. The van der Waals surface area contributed by atoms with Crippen molar-refractivity contribution in [1.82, 2.24) is 9.13 Å². The lowest BCUT2D eigenvalue weighted by atomic mass is 9.95. The molecule has 1 N–H and O–H groups in total. The molecule has 0 atom stereocenters. The number of carbonyl (C=O) groups is 1. The predicted molar refractivity (Wildman–Crippen MR) is 127 cm³/mol. The van der Waals surface area contributed by atoms with Crippen LogP contribution in [-0.4, -0.2) is 28.1 Å². The molecular formula is C25H27FN4O3. The molecule has 7 nitrogen and oxygen atoms in total. The molecule has 33 heavy (non-hydrogen) atoms. The highest BCUT2D eigenvalue weighted by Crippen LogP contribution is 2.25. The van der Waals surface area contributed by atoms with Gasteiger partial charge < -0.3 is 10.2 Å². The smallest absolute Gasteiger partial charge is 0.335 e. The molecule has 0 saturated carbocycles. The van der Waals surface area contributed by atoms with Crippen molar-refractivity contribution in [2.24, 2.45) is 13.0 Å². The van der Waals surface area contributed by atoms with Gasteiger partial charge in [0, 0.05) is 31.7 Å². The molecule has 1 aromatic heterocycles. The van der Waals surface area contributed by atoms with Gasteiger partial charge in [0.2, 0.25) is 5.91 Å². The van der Waals surface area contributed by atoms with E-state index < -0.39 is 5.69 Å². The number of benzene rings is 2. The molecule has 0 spiro atoms. The Labute approximate surface area is 191 Å². The second kappa shape index (κ2) is 9.05. The molecule has 2 heterocycles. The van der Waals surface area contributed by atoms with Crippen LogP contribution in [0.2, 0.25) is 0 Å². The van der Waals surface area contributed by atoms with E-state index in [1.165, 1.54) is 13.1 Å². The fourth-order valence-electron chi connectivity index (χ4n) is 4.33. The zero-order chi connectivity index (χ0) is 23.7. The highest BCUT2D eigenvalue weighted by Gasteiger charge is 2.29. The summed E-state index contributed by atoms with van der Waals surface area (Å²) in [7, 11) is 1.48. The van der Waals surface area contributed by atoms with Crippen molar-refractivity contribution >= 4 is 17.3 Å². The number of amides is 1. The summed E-state index contributed by atoms with van der Waals surface area (Å²) in [5, 5.41) is 2.80. The SMILES string of the molecule is Cc1ccc(NC(=O)C2CCN(c3c(C)n(-c4ccccc4)c(=O)n(C)c3=O)CC2)cc1F. The lowest BCUT2D eigenvalue weighted by molar-refractivity contribution is -0.120. The van der Waals surface area contributed by atoms with Crippen LogP contribution >= 0.6 is 0 Å². The molecular weight excluding hydrogens is 423 g/mol. The van der Waals surface area contributed by atoms with Crippen LogP contribution < -0.4 is 21.5 Å². The topological polar surface area (TPSA) is 76.3 Å². The second-order valence-electron chi connectivity index (χ2n) is 8.47. The highest BCUT2D eigenvalue weighted by molar-refractivity contribution is 5.92. The summed E-state index contributed by atoms with van der Waals surface area (Å²) in [4.78, 5) is 40.5. The first-order valence-corrected chi connectivity index (χ1v) is 11.0. The third kappa shape index (κ3) is 4.33. The van der Waals surface area contributed by atoms with Gasteiger partial charge in [-0.2, -0.15) is 0 Å². The first kappa shape index (κ1) is 22.5. The number of nitrogens with one attached hydrogen (secondary N) is 1. The minimum Gasteiger partial charge on any atom is -0.366 e. The lowest BCUT2D eigenvalue weighted by Crippen LogP contribution is -2.46. The van der Waals surface area contributed by atoms with E-state index in [1.807, 2.05) is 35.2 Å². The van der Waals surface area contributed by atoms with Crippen molar-refractivity contribution in [3.05, 3.63) is 86.4 Å². The number of rotatable bonds is 4. The van der Waals surface area contributed by atoms with Gasteiger partial charge in [0.1, 0.15) is 11.5 Å². The molecule has 2 aromatic carbocycles. The van der Waals surface area contributed by atoms with E-state index in [2.05, 4.69) is 5.32 Å². The summed E-state index contributed by atoms with van der Waals surface area (Å²) in [6.45, 7) is 4.45. The van der Waals surface area contributed by atoms with E-state index in [4.69, 9.17) is 0 Å². The molecule has 1 saturated heterocycles. The molecule has 0 bridgehead atoms. The van der Waals surface area contributed by atoms with Crippen molar-refractivity contribution in [2.45, 2.75) is 26.7 Å². The van der Waals surface area contributed by atoms with Crippen LogP contribution in [0.5, 0.6) is 0 Å². The zero-order valence-corrected chi connectivity index (χ0v) is 19.0. The van der Waals surface area contributed by atoms with Crippen molar-refractivity contribution in [3.63, 3.8) is 0 Å². The first-order valence-electron chi connectivity index (χ1n) is 11.0. The van der Waals surface area contributed by atoms with E-state index in [1.54, 1.807) is 30.5 Å². The number of aromatic nitrogens is 2. The molecule has 0 radical (unpaired) electrons. The third-order valence-electron chi connectivity index (χ3n) is 6.30. The molecule has 3 aromatic rings. The molecule has 1 fully saturated rings. The van der Waals surface area contributed by atoms with Gasteiger partial charge in [-0.05, 0) is 56.5 Å². The van der Waals surface area contributed by atoms with E-state index in [-0.39, 0.29) is 23.2 Å². The van der Waals surface area contributed by atoms with Gasteiger partial charge in [-0.25, -0.2) is 9.18 Å². The Morgan fingerprint density at radius 3 is 2.33 bits per heavy atom. The number of piperidine rings is 1. The number of hydrogen-bond donors (Lipinski definition) is 1. The van der Waals surface area contributed by atoms with E-state index in [0.717, 1.165) is 4.57 Å². The molecule has 4 rings (SSSR count). The summed E-state index contributed by atoms with van der Waals surface area (Å²) in [6, 6.07) is 13.8. The summed E-state index contributed by atoms with van der Waals surface area (Å²) in [6.07, 6.45) is 1.10. The number of anilines is 2. The minimum absolute atomic E-state index is 0.156. The molecule has 0 unspecified atom stereocenters. The maximum atomic E-state index is 13.8. The van der Waals surface area contributed by atoms with Crippen LogP contribution in [0.15, 0.2) is 58.1 Å². The molecule has 8 heteroatoms. The van der Waals surface area contributed by atoms with Crippen molar-refractivity contribution in [3.8, 4) is 5.69 Å². The minimum atomic E-state index is -0.396. The number of hydrogen-bond acceptors (Lipinski definition) is 4. The average Bonchev–Trinajstić information content (AvgIpc) is 2.81. The number of aryl methyl sites for hydroxylation is 1. The first-order chi connectivity index (χ1) is 15.8. The molecule has 0 aliphatic carbocycles. The van der Waals surface area contributed by atoms with Crippen LogP contribution in [0.25, 0.3) is 5.69 Å². The molecule has 1 aliphatic heterocycles. The van der Waals surface area contributed by atoms with Crippen molar-refractivity contribution < 1.29 is 9.18 Å². The Hall–Kier alpha value is -3.68. The Kier molecular flexibility index (Phi) is 6.18. The predicted octanol–water partition coefficient (Wildman–Crippen LogP) is 3.15. The largest absolute Gasteiger partial charge is 0.366 e. The summed E-state index contributed by atoms with van der Waals surface area (Å²) >= 11 is 0. The van der Waals surface area contributed by atoms with Crippen molar-refractivity contribution in [2.75, 3.05) is 23.3 Å². The standard InChI is InChI=1S/C25H27FN4O3/c1-16-9-10-19(15-21(16)26)27-23(31)18-11-13-29(14-12-18)22-17(2)30(20-7-5-4-6-8-20)25(33)28(3)24(22)32/h4-10,15,18H,11-14H2,1-3H3,(H,27,31). The Balaban J connectivity index is 1.55. The lowest BCUT2D eigenvalue weighted by Gasteiger charge is -2.34. The highest BCUT2D eigenvalue weighted by atomic mass is 19.1. The Bertz CT molecular complexity index is 1310. The Morgan fingerprint density at radius 1 is 1.03 bits per heavy atom. The third-order valence-corrected chi connectivity index (χ3v) is 6.30. The fraction of sp³-hybridized carbons (Fsp3) is 0.320. The maximum absolute atomic E-state index is 13.8. The van der Waals surface area contributed by atoms with E-state index in [9.17, 15) is 18.8 Å². The number of nitrogens with zero attached hydrogens (tertiary/aromatic N) is 3. The molecule has 1 aliphatic rings. The number of carbonyl (C=O) groups excluding carboxylic acids is 1. The van der Waals surface area contributed by atoms with Crippen LogP contribution in [-0.2, 0) is 11.8 Å². The molecule has 172 valence electrons. The van der Waals surface area contributed by atoms with Crippen molar-refractivity contribution in [1.29, 1.82) is 0 Å². The molecule has 1 amide bonds. The van der Waals surface area contributed by atoms with Gasteiger partial charge in [0.05, 0.1) is 11.4 Å². The second-order valence-corrected chi connectivity index (χ2v) is 8.47. The van der Waals surface area contributed by atoms with Gasteiger partial charge in [-0.15, -0.1) is 0 Å². The van der Waals surface area contributed by atoms with Crippen LogP contribution in [0.1, 0.15) is 24.1 Å². The van der Waals surface area contributed by atoms with Crippen LogP contribution in [0.4, 0.5) is 15.8 Å². The monoisotopic (exact) mass is 450 g/mol. The quantitative estimate of drug-likeness (QED) is 0.663. The van der Waals surface area contributed by atoms with Gasteiger partial charge in [0.25, 0.3) is 5.56 Å². The average molecular weight is 451 g/mol. The van der Waals surface area contributed by atoms with Crippen LogP contribution in [0.3, 0.4) is 0 Å².